The van der Waals surface area contributed by atoms with E-state index in [2.05, 4.69) is 24.1 Å². The summed E-state index contributed by atoms with van der Waals surface area (Å²) in [7, 11) is 0.602. The molecule has 0 fully saturated rings. The van der Waals surface area contributed by atoms with E-state index in [-0.39, 0.29) is 0 Å². The Morgan fingerprint density at radius 2 is 1.45 bits per heavy atom. The van der Waals surface area contributed by atoms with E-state index in [1.165, 1.54) is 0 Å². The normalized spacial score (nSPS) is 10.7. The first-order chi connectivity index (χ1) is 10.7. The van der Waals surface area contributed by atoms with Crippen molar-refractivity contribution in [2.24, 2.45) is 0 Å². The maximum absolute atomic E-state index is 9.52. The Kier molecular flexibility index (Phi) is 4.14. The zero-order chi connectivity index (χ0) is 15.5. The van der Waals surface area contributed by atoms with Crippen LogP contribution in [0, 0.1) is 0 Å². The number of para-hydroxylation sites is 1. The van der Waals surface area contributed by atoms with Crippen molar-refractivity contribution < 1.29 is 10.0 Å². The first-order valence-electron chi connectivity index (χ1n) is 7.29. The van der Waals surface area contributed by atoms with Gasteiger partial charge in [0.1, 0.15) is 0 Å². The number of hydrogen-bond donors (Lipinski definition) is 2. The van der Waals surface area contributed by atoms with Crippen LogP contribution in [0.5, 0.6) is 0 Å². The van der Waals surface area contributed by atoms with Gasteiger partial charge in [0.15, 0.2) is 0 Å². The van der Waals surface area contributed by atoms with Crippen molar-refractivity contribution in [1.29, 1.82) is 0 Å². The first kappa shape index (κ1) is 14.6. The third-order valence-corrected chi connectivity index (χ3v) is 3.93. The lowest BCUT2D eigenvalue weighted by atomic mass is 9.76. The van der Waals surface area contributed by atoms with Crippen molar-refractivity contribution in [3.8, 4) is 0 Å². The average molecular weight is 291 g/mol. The lowest BCUT2D eigenvalue weighted by molar-refractivity contribution is 0.426. The molecule has 0 aliphatic rings. The van der Waals surface area contributed by atoms with E-state index in [0.29, 0.717) is 5.46 Å². The zero-order valence-corrected chi connectivity index (χ0v) is 12.5. The molecular formula is C18H18BNO2. The molecule has 3 aromatic carbocycles. The van der Waals surface area contributed by atoms with Gasteiger partial charge < -0.3 is 14.9 Å². The Hall–Kier alpha value is -2.30. The number of benzene rings is 3. The molecule has 110 valence electrons. The minimum atomic E-state index is -1.45. The predicted octanol–water partition coefficient (Wildman–Crippen LogP) is 2.16. The summed E-state index contributed by atoms with van der Waals surface area (Å²) in [6.07, 6.45) is 0. The Bertz CT molecular complexity index is 774. The van der Waals surface area contributed by atoms with Crippen LogP contribution in [-0.2, 0) is 6.54 Å². The van der Waals surface area contributed by atoms with Crippen LogP contribution in [0.3, 0.4) is 0 Å². The van der Waals surface area contributed by atoms with Gasteiger partial charge in [0.2, 0.25) is 0 Å². The number of nitrogens with zero attached hydrogens (tertiary/aromatic N) is 1. The van der Waals surface area contributed by atoms with Crippen LogP contribution in [0.1, 0.15) is 5.56 Å². The van der Waals surface area contributed by atoms with Gasteiger partial charge in [-0.1, -0.05) is 54.6 Å². The maximum atomic E-state index is 9.52. The van der Waals surface area contributed by atoms with Crippen molar-refractivity contribution in [3.63, 3.8) is 0 Å². The molecule has 3 rings (SSSR count). The summed E-state index contributed by atoms with van der Waals surface area (Å²) in [4.78, 5) is 2.18. The van der Waals surface area contributed by atoms with Crippen molar-refractivity contribution in [2.45, 2.75) is 6.54 Å². The molecule has 2 N–H and O–H groups in total. The SMILES string of the molecule is CN(Cc1ccc(B(O)O)c2ccccc12)c1ccccc1. The number of anilines is 1. The molecule has 0 spiro atoms. The number of rotatable bonds is 4. The molecule has 0 radical (unpaired) electrons. The van der Waals surface area contributed by atoms with Crippen molar-refractivity contribution in [1.82, 2.24) is 0 Å². The molecule has 0 saturated heterocycles. The van der Waals surface area contributed by atoms with Crippen LogP contribution >= 0.6 is 0 Å². The molecule has 0 bridgehead atoms. The molecule has 3 aromatic rings. The van der Waals surface area contributed by atoms with E-state index in [1.807, 2.05) is 48.5 Å². The number of hydrogen-bond acceptors (Lipinski definition) is 3. The lowest BCUT2D eigenvalue weighted by Crippen LogP contribution is -2.30. The van der Waals surface area contributed by atoms with E-state index in [1.54, 1.807) is 6.07 Å². The topological polar surface area (TPSA) is 43.7 Å². The van der Waals surface area contributed by atoms with Gasteiger partial charge in [0.05, 0.1) is 0 Å². The second-order valence-electron chi connectivity index (χ2n) is 5.42. The fourth-order valence-electron chi connectivity index (χ4n) is 2.78. The van der Waals surface area contributed by atoms with Crippen molar-refractivity contribution in [2.75, 3.05) is 11.9 Å². The molecule has 0 aliphatic heterocycles. The van der Waals surface area contributed by atoms with E-state index in [0.717, 1.165) is 28.6 Å². The highest BCUT2D eigenvalue weighted by Crippen LogP contribution is 2.21. The van der Waals surface area contributed by atoms with Gasteiger partial charge in [-0.25, -0.2) is 0 Å². The van der Waals surface area contributed by atoms with Crippen LogP contribution in [-0.4, -0.2) is 24.2 Å². The van der Waals surface area contributed by atoms with E-state index < -0.39 is 7.12 Å². The smallest absolute Gasteiger partial charge is 0.423 e. The van der Waals surface area contributed by atoms with Gasteiger partial charge in [-0.15, -0.1) is 0 Å². The number of fused-ring (bicyclic) bond motifs is 1. The minimum absolute atomic E-state index is 0.543. The van der Waals surface area contributed by atoms with Crippen molar-refractivity contribution >= 4 is 29.0 Å². The predicted molar refractivity (Wildman–Crippen MR) is 92.3 cm³/mol. The lowest BCUT2D eigenvalue weighted by Gasteiger charge is -2.21. The molecule has 22 heavy (non-hydrogen) atoms. The quantitative estimate of drug-likeness (QED) is 0.724. The van der Waals surface area contributed by atoms with Crippen LogP contribution in [0.25, 0.3) is 10.8 Å². The molecule has 4 heteroatoms. The Balaban J connectivity index is 2.00. The third-order valence-electron chi connectivity index (χ3n) is 3.93. The van der Waals surface area contributed by atoms with Gasteiger partial charge >= 0.3 is 7.12 Å². The summed E-state index contributed by atoms with van der Waals surface area (Å²) >= 11 is 0. The zero-order valence-electron chi connectivity index (χ0n) is 12.5. The van der Waals surface area contributed by atoms with Crippen LogP contribution in [0.15, 0.2) is 66.7 Å². The maximum Gasteiger partial charge on any atom is 0.489 e. The summed E-state index contributed by atoms with van der Waals surface area (Å²) in [6, 6.07) is 21.8. The molecule has 0 aromatic heterocycles. The molecule has 0 aliphatic carbocycles. The molecular weight excluding hydrogens is 273 g/mol. The van der Waals surface area contributed by atoms with Crippen LogP contribution in [0.4, 0.5) is 5.69 Å². The Labute approximate surface area is 130 Å². The average Bonchev–Trinajstić information content (AvgIpc) is 2.55. The third kappa shape index (κ3) is 2.84. The van der Waals surface area contributed by atoms with Gasteiger partial charge in [0, 0.05) is 19.3 Å². The molecule has 3 nitrogen and oxygen atoms in total. The van der Waals surface area contributed by atoms with Crippen molar-refractivity contribution in [3.05, 3.63) is 72.3 Å². The fraction of sp³-hybridized carbons (Fsp3) is 0.111. The highest BCUT2D eigenvalue weighted by atomic mass is 16.4. The fourth-order valence-corrected chi connectivity index (χ4v) is 2.78. The van der Waals surface area contributed by atoms with E-state index in [4.69, 9.17) is 0 Å². The standard InChI is InChI=1S/C18H18BNO2/c1-20(15-7-3-2-4-8-15)13-14-11-12-18(19(21)22)17-10-6-5-9-16(14)17/h2-12,21-22H,13H2,1H3. The Morgan fingerprint density at radius 3 is 2.14 bits per heavy atom. The van der Waals surface area contributed by atoms with Gasteiger partial charge in [-0.3, -0.25) is 0 Å². The highest BCUT2D eigenvalue weighted by molar-refractivity contribution is 6.62. The monoisotopic (exact) mass is 291 g/mol. The second kappa shape index (κ2) is 6.22. The second-order valence-corrected chi connectivity index (χ2v) is 5.42. The summed E-state index contributed by atoms with van der Waals surface area (Å²) in [6.45, 7) is 0.756. The molecule has 0 heterocycles. The van der Waals surface area contributed by atoms with Crippen LogP contribution in [0.2, 0.25) is 0 Å². The minimum Gasteiger partial charge on any atom is -0.423 e. The molecule has 0 saturated carbocycles. The Morgan fingerprint density at radius 1 is 0.818 bits per heavy atom. The largest absolute Gasteiger partial charge is 0.489 e. The molecule has 0 unspecified atom stereocenters. The summed E-state index contributed by atoms with van der Waals surface area (Å²) < 4.78 is 0. The first-order valence-corrected chi connectivity index (χ1v) is 7.29. The summed E-state index contributed by atoms with van der Waals surface area (Å²) in [5, 5.41) is 21.0. The van der Waals surface area contributed by atoms with Gasteiger partial charge in [-0.2, -0.15) is 0 Å². The summed E-state index contributed by atoms with van der Waals surface area (Å²) in [5.74, 6) is 0. The van der Waals surface area contributed by atoms with Gasteiger partial charge in [-0.05, 0) is 33.9 Å². The van der Waals surface area contributed by atoms with E-state index >= 15 is 0 Å². The van der Waals surface area contributed by atoms with Gasteiger partial charge in [0.25, 0.3) is 0 Å². The van der Waals surface area contributed by atoms with Crippen LogP contribution < -0.4 is 10.4 Å². The summed E-state index contributed by atoms with van der Waals surface area (Å²) in [5.41, 5.74) is 2.85. The van der Waals surface area contributed by atoms with E-state index in [9.17, 15) is 10.0 Å². The highest BCUT2D eigenvalue weighted by Gasteiger charge is 2.16. The molecule has 0 amide bonds. The molecule has 0 atom stereocenters.